The largest absolute Gasteiger partial charge is 0.485 e. The summed E-state index contributed by atoms with van der Waals surface area (Å²) in [5, 5.41) is 18.8. The van der Waals surface area contributed by atoms with E-state index in [9.17, 15) is 5.11 Å². The van der Waals surface area contributed by atoms with Crippen molar-refractivity contribution >= 4 is 31.9 Å². The van der Waals surface area contributed by atoms with Gasteiger partial charge in [-0.3, -0.25) is 0 Å². The van der Waals surface area contributed by atoms with Crippen LogP contribution in [0, 0.1) is 0 Å². The summed E-state index contributed by atoms with van der Waals surface area (Å²) < 4.78 is 7.40. The van der Waals surface area contributed by atoms with Gasteiger partial charge in [-0.2, -0.15) is 0 Å². The van der Waals surface area contributed by atoms with Crippen molar-refractivity contribution in [1.29, 1.82) is 0 Å². The van der Waals surface area contributed by atoms with Crippen LogP contribution in [0.2, 0.25) is 0 Å². The normalized spacial score (nSPS) is 24.0. The van der Waals surface area contributed by atoms with Crippen LogP contribution in [-0.2, 0) is 6.61 Å². The molecule has 1 saturated carbocycles. The third kappa shape index (κ3) is 3.02. The van der Waals surface area contributed by atoms with Crippen LogP contribution in [0.4, 0.5) is 0 Å². The average molecular weight is 366 g/mol. The summed E-state index contributed by atoms with van der Waals surface area (Å²) in [6, 6.07) is 3.64. The van der Waals surface area contributed by atoms with Crippen molar-refractivity contribution in [3.63, 3.8) is 0 Å². The molecule has 0 heterocycles. The summed E-state index contributed by atoms with van der Waals surface area (Å²) in [6.45, 7) is -0.0104. The number of halogens is 2. The van der Waals surface area contributed by atoms with Crippen LogP contribution in [0.3, 0.4) is 0 Å². The van der Waals surface area contributed by atoms with Crippen molar-refractivity contribution in [3.05, 3.63) is 26.6 Å². The molecule has 0 spiro atoms. The molecule has 1 aliphatic carbocycles. The molecule has 5 heteroatoms. The van der Waals surface area contributed by atoms with Crippen molar-refractivity contribution < 1.29 is 14.9 Å². The van der Waals surface area contributed by atoms with Gasteiger partial charge in [-0.1, -0.05) is 0 Å². The van der Waals surface area contributed by atoms with Crippen molar-refractivity contribution in [1.82, 2.24) is 0 Å². The molecule has 1 aliphatic rings. The molecule has 0 bridgehead atoms. The first-order chi connectivity index (χ1) is 8.11. The number of hydrogen-bond acceptors (Lipinski definition) is 3. The fourth-order valence-electron chi connectivity index (χ4n) is 2.01. The van der Waals surface area contributed by atoms with E-state index in [1.54, 1.807) is 0 Å². The monoisotopic (exact) mass is 364 g/mol. The summed E-state index contributed by atoms with van der Waals surface area (Å²) in [4.78, 5) is 0. The third-order valence-corrected chi connectivity index (χ3v) is 4.11. The minimum Gasteiger partial charge on any atom is -0.485 e. The highest BCUT2D eigenvalue weighted by Gasteiger charge is 2.28. The first-order valence-corrected chi connectivity index (χ1v) is 7.14. The topological polar surface area (TPSA) is 49.7 Å². The maximum atomic E-state index is 9.74. The van der Waals surface area contributed by atoms with E-state index in [2.05, 4.69) is 31.9 Å². The molecule has 2 rings (SSSR count). The number of hydrogen-bond donors (Lipinski definition) is 2. The van der Waals surface area contributed by atoms with Crippen molar-refractivity contribution in [2.75, 3.05) is 0 Å². The van der Waals surface area contributed by atoms with Crippen LogP contribution in [0.25, 0.3) is 0 Å². The minimum atomic E-state index is -0.383. The van der Waals surface area contributed by atoms with Crippen LogP contribution >= 0.6 is 31.9 Å². The molecule has 1 fully saturated rings. The van der Waals surface area contributed by atoms with Gasteiger partial charge in [0, 0.05) is 0 Å². The molecule has 0 aromatic heterocycles. The van der Waals surface area contributed by atoms with Crippen LogP contribution < -0.4 is 4.74 Å². The minimum absolute atomic E-state index is 0.0104. The van der Waals surface area contributed by atoms with E-state index in [1.807, 2.05) is 12.1 Å². The number of benzene rings is 1. The second kappa shape index (κ2) is 5.69. The van der Waals surface area contributed by atoms with Gasteiger partial charge in [0.25, 0.3) is 0 Å². The van der Waals surface area contributed by atoms with E-state index in [-0.39, 0.29) is 18.8 Å². The molecule has 0 saturated heterocycles. The lowest BCUT2D eigenvalue weighted by Gasteiger charge is -2.19. The average Bonchev–Trinajstić information content (AvgIpc) is 2.69. The standard InChI is InChI=1S/C12H14Br2O3/c13-8-4-7(6-15)5-9(14)12(8)17-11-3-1-2-10(11)16/h4-5,10-11,15-16H,1-3,6H2. The summed E-state index contributed by atoms with van der Waals surface area (Å²) in [7, 11) is 0. The summed E-state index contributed by atoms with van der Waals surface area (Å²) >= 11 is 6.84. The highest BCUT2D eigenvalue weighted by Crippen LogP contribution is 2.37. The number of aliphatic hydroxyl groups is 2. The van der Waals surface area contributed by atoms with E-state index in [1.165, 1.54) is 0 Å². The molecule has 3 nitrogen and oxygen atoms in total. The fourth-order valence-corrected chi connectivity index (χ4v) is 3.48. The number of rotatable bonds is 3. The van der Waals surface area contributed by atoms with Gasteiger partial charge in [-0.05, 0) is 68.8 Å². The second-order valence-corrected chi connectivity index (χ2v) is 5.91. The SMILES string of the molecule is OCc1cc(Br)c(OC2CCCC2O)c(Br)c1. The Kier molecular flexibility index (Phi) is 4.47. The molecule has 2 N–H and O–H groups in total. The van der Waals surface area contributed by atoms with Crippen molar-refractivity contribution in [2.24, 2.45) is 0 Å². The van der Waals surface area contributed by atoms with E-state index >= 15 is 0 Å². The van der Waals surface area contributed by atoms with Gasteiger partial charge in [-0.25, -0.2) is 0 Å². The van der Waals surface area contributed by atoms with Crippen LogP contribution in [-0.4, -0.2) is 22.4 Å². The Morgan fingerprint density at radius 1 is 1.24 bits per heavy atom. The zero-order chi connectivity index (χ0) is 12.4. The maximum Gasteiger partial charge on any atom is 0.148 e. The van der Waals surface area contributed by atoms with Crippen molar-refractivity contribution in [3.8, 4) is 5.75 Å². The predicted octanol–water partition coefficient (Wildman–Crippen LogP) is 3.00. The molecule has 2 unspecified atom stereocenters. The highest BCUT2D eigenvalue weighted by atomic mass is 79.9. The molecule has 94 valence electrons. The molecule has 17 heavy (non-hydrogen) atoms. The van der Waals surface area contributed by atoms with Gasteiger partial charge >= 0.3 is 0 Å². The first kappa shape index (κ1) is 13.3. The molecule has 0 amide bonds. The summed E-state index contributed by atoms with van der Waals surface area (Å²) in [6.07, 6.45) is 2.15. The zero-order valence-corrected chi connectivity index (χ0v) is 12.4. The Morgan fingerprint density at radius 3 is 2.35 bits per heavy atom. The molecule has 2 atom stereocenters. The second-order valence-electron chi connectivity index (χ2n) is 4.20. The molecule has 1 aromatic rings. The van der Waals surface area contributed by atoms with Crippen LogP contribution in [0.1, 0.15) is 24.8 Å². The summed E-state index contributed by atoms with van der Waals surface area (Å²) in [5.74, 6) is 0.688. The Labute approximate surface area is 117 Å². The lowest BCUT2D eigenvalue weighted by Crippen LogP contribution is -2.25. The first-order valence-electron chi connectivity index (χ1n) is 5.55. The van der Waals surface area contributed by atoms with Gasteiger partial charge in [0.15, 0.2) is 0 Å². The van der Waals surface area contributed by atoms with Gasteiger partial charge in [-0.15, -0.1) is 0 Å². The van der Waals surface area contributed by atoms with E-state index in [0.29, 0.717) is 5.75 Å². The summed E-state index contributed by atoms with van der Waals surface area (Å²) in [5.41, 5.74) is 0.808. The van der Waals surface area contributed by atoms with Gasteiger partial charge in [0.2, 0.25) is 0 Å². The van der Waals surface area contributed by atoms with Crippen LogP contribution in [0.15, 0.2) is 21.1 Å². The Hall–Kier alpha value is -0.100. The van der Waals surface area contributed by atoms with Gasteiger partial charge in [0.05, 0.1) is 21.7 Å². The Bertz CT molecular complexity index is 386. The smallest absolute Gasteiger partial charge is 0.148 e. The van der Waals surface area contributed by atoms with E-state index in [0.717, 1.165) is 33.8 Å². The van der Waals surface area contributed by atoms with Gasteiger partial charge in [0.1, 0.15) is 11.9 Å². The van der Waals surface area contributed by atoms with Crippen LogP contribution in [0.5, 0.6) is 5.75 Å². The highest BCUT2D eigenvalue weighted by molar-refractivity contribution is 9.11. The molecule has 1 aromatic carbocycles. The Morgan fingerprint density at radius 2 is 1.88 bits per heavy atom. The molecule has 0 radical (unpaired) electrons. The number of ether oxygens (including phenoxy) is 1. The predicted molar refractivity (Wildman–Crippen MR) is 72.0 cm³/mol. The lowest BCUT2D eigenvalue weighted by molar-refractivity contribution is 0.0594. The zero-order valence-electron chi connectivity index (χ0n) is 9.20. The molecular formula is C12H14Br2O3. The van der Waals surface area contributed by atoms with Crippen molar-refractivity contribution in [2.45, 2.75) is 38.1 Å². The van der Waals surface area contributed by atoms with E-state index < -0.39 is 0 Å². The third-order valence-electron chi connectivity index (χ3n) is 2.93. The Balaban J connectivity index is 2.20. The maximum absolute atomic E-state index is 9.74. The molecule has 0 aliphatic heterocycles. The van der Waals surface area contributed by atoms with Gasteiger partial charge < -0.3 is 14.9 Å². The fraction of sp³-hybridized carbons (Fsp3) is 0.500. The lowest BCUT2D eigenvalue weighted by atomic mass is 10.2. The molecular weight excluding hydrogens is 352 g/mol. The quantitative estimate of drug-likeness (QED) is 0.865. The van der Waals surface area contributed by atoms with E-state index in [4.69, 9.17) is 9.84 Å². The number of aliphatic hydroxyl groups excluding tert-OH is 2.